The number of hydrogen-bond donors (Lipinski definition) is 1. The van der Waals surface area contributed by atoms with Gasteiger partial charge in [-0.1, -0.05) is 42.5 Å². The highest BCUT2D eigenvalue weighted by Crippen LogP contribution is 2.14. The number of para-hydroxylation sites is 1. The predicted octanol–water partition coefficient (Wildman–Crippen LogP) is 3.57. The summed E-state index contributed by atoms with van der Waals surface area (Å²) in [6.45, 7) is 1.92. The molecule has 0 aliphatic rings. The minimum absolute atomic E-state index is 0.0449. The molecule has 1 amide bonds. The van der Waals surface area contributed by atoms with Crippen molar-refractivity contribution >= 4 is 28.9 Å². The van der Waals surface area contributed by atoms with Gasteiger partial charge in [0, 0.05) is 10.9 Å². The Bertz CT molecular complexity index is 965. The van der Waals surface area contributed by atoms with Gasteiger partial charge >= 0.3 is 5.97 Å². The maximum absolute atomic E-state index is 12.4. The van der Waals surface area contributed by atoms with Crippen LogP contribution >= 0.6 is 0 Å². The molecule has 0 saturated carbocycles. The Morgan fingerprint density at radius 2 is 1.73 bits per heavy atom. The SMILES string of the molecule is CCOC(=O)/C(=C/c1ccc2ccccc2n1)NC(=O)c1ccccc1. The van der Waals surface area contributed by atoms with E-state index < -0.39 is 5.97 Å². The Labute approximate surface area is 151 Å². The maximum atomic E-state index is 12.4. The number of hydrogen-bond acceptors (Lipinski definition) is 4. The van der Waals surface area contributed by atoms with E-state index in [9.17, 15) is 9.59 Å². The molecule has 5 heteroatoms. The van der Waals surface area contributed by atoms with Crippen LogP contribution in [0.4, 0.5) is 0 Å². The Balaban J connectivity index is 1.92. The van der Waals surface area contributed by atoms with Gasteiger partial charge < -0.3 is 10.1 Å². The number of carbonyl (C=O) groups is 2. The van der Waals surface area contributed by atoms with E-state index in [0.717, 1.165) is 10.9 Å². The standard InChI is InChI=1S/C21H18N2O3/c1-2-26-21(25)19(23-20(24)16-9-4-3-5-10-16)14-17-13-12-15-8-6-7-11-18(15)22-17/h3-14H,2H2,1H3,(H,23,24)/b19-14-. The van der Waals surface area contributed by atoms with Crippen LogP contribution in [0, 0.1) is 0 Å². The van der Waals surface area contributed by atoms with Crippen molar-refractivity contribution in [2.24, 2.45) is 0 Å². The molecule has 0 unspecified atom stereocenters. The molecule has 1 aromatic heterocycles. The quantitative estimate of drug-likeness (QED) is 0.566. The first-order valence-corrected chi connectivity index (χ1v) is 8.28. The second-order valence-electron chi connectivity index (χ2n) is 5.53. The fourth-order valence-corrected chi connectivity index (χ4v) is 2.45. The van der Waals surface area contributed by atoms with Gasteiger partial charge in [-0.3, -0.25) is 4.79 Å². The molecule has 0 aliphatic heterocycles. The summed E-state index contributed by atoms with van der Waals surface area (Å²) in [6, 6.07) is 20.1. The van der Waals surface area contributed by atoms with Crippen LogP contribution in [0.2, 0.25) is 0 Å². The fourth-order valence-electron chi connectivity index (χ4n) is 2.45. The predicted molar refractivity (Wildman–Crippen MR) is 100 cm³/mol. The highest BCUT2D eigenvalue weighted by molar-refractivity contribution is 6.03. The molecule has 0 fully saturated rings. The summed E-state index contributed by atoms with van der Waals surface area (Å²) in [7, 11) is 0. The van der Waals surface area contributed by atoms with Crippen molar-refractivity contribution in [3.8, 4) is 0 Å². The third-order valence-corrected chi connectivity index (χ3v) is 3.69. The van der Waals surface area contributed by atoms with Gasteiger partial charge in [0.1, 0.15) is 5.70 Å². The van der Waals surface area contributed by atoms with Gasteiger partial charge in [-0.2, -0.15) is 0 Å². The smallest absolute Gasteiger partial charge is 0.354 e. The molecule has 26 heavy (non-hydrogen) atoms. The zero-order chi connectivity index (χ0) is 18.4. The van der Waals surface area contributed by atoms with E-state index in [4.69, 9.17) is 4.74 Å². The number of nitrogens with zero attached hydrogens (tertiary/aromatic N) is 1. The Hall–Kier alpha value is -3.47. The van der Waals surface area contributed by atoms with Crippen LogP contribution < -0.4 is 5.32 Å². The van der Waals surface area contributed by atoms with Gasteiger partial charge in [-0.15, -0.1) is 0 Å². The maximum Gasteiger partial charge on any atom is 0.354 e. The second kappa shape index (κ2) is 8.07. The van der Waals surface area contributed by atoms with Crippen LogP contribution in [-0.2, 0) is 9.53 Å². The van der Waals surface area contributed by atoms with Crippen LogP contribution in [0.1, 0.15) is 23.0 Å². The average Bonchev–Trinajstić information content (AvgIpc) is 2.68. The first-order valence-electron chi connectivity index (χ1n) is 8.28. The summed E-state index contributed by atoms with van der Waals surface area (Å²) in [5, 5.41) is 3.62. The highest BCUT2D eigenvalue weighted by atomic mass is 16.5. The molecule has 1 heterocycles. The lowest BCUT2D eigenvalue weighted by molar-refractivity contribution is -0.138. The van der Waals surface area contributed by atoms with Crippen LogP contribution in [-0.4, -0.2) is 23.5 Å². The zero-order valence-electron chi connectivity index (χ0n) is 14.3. The molecule has 0 atom stereocenters. The van der Waals surface area contributed by atoms with Crippen molar-refractivity contribution in [1.82, 2.24) is 10.3 Å². The third-order valence-electron chi connectivity index (χ3n) is 3.69. The number of rotatable bonds is 5. The fraction of sp³-hybridized carbons (Fsp3) is 0.0952. The molecule has 0 radical (unpaired) electrons. The lowest BCUT2D eigenvalue weighted by atomic mass is 10.2. The first-order chi connectivity index (χ1) is 12.7. The number of pyridine rings is 1. The molecule has 1 N–H and O–H groups in total. The number of carbonyl (C=O) groups excluding carboxylic acids is 2. The number of aromatic nitrogens is 1. The molecular formula is C21H18N2O3. The molecule has 5 nitrogen and oxygen atoms in total. The zero-order valence-corrected chi connectivity index (χ0v) is 14.3. The highest BCUT2D eigenvalue weighted by Gasteiger charge is 2.15. The van der Waals surface area contributed by atoms with Crippen molar-refractivity contribution in [3.05, 3.63) is 83.7 Å². The molecule has 130 valence electrons. The van der Waals surface area contributed by atoms with E-state index in [1.54, 1.807) is 37.3 Å². The molecule has 3 rings (SSSR count). The summed E-state index contributed by atoms with van der Waals surface area (Å²) in [6.07, 6.45) is 1.52. The molecule has 3 aromatic rings. The molecule has 2 aromatic carbocycles. The monoisotopic (exact) mass is 346 g/mol. The Morgan fingerprint density at radius 3 is 2.50 bits per heavy atom. The van der Waals surface area contributed by atoms with Gasteiger partial charge in [0.25, 0.3) is 5.91 Å². The molecule has 0 bridgehead atoms. The summed E-state index contributed by atoms with van der Waals surface area (Å²) in [4.78, 5) is 29.1. The molecule has 0 aliphatic carbocycles. The summed E-state index contributed by atoms with van der Waals surface area (Å²) in [5.41, 5.74) is 1.86. The van der Waals surface area contributed by atoms with E-state index in [1.807, 2.05) is 36.4 Å². The summed E-state index contributed by atoms with van der Waals surface area (Å²) >= 11 is 0. The summed E-state index contributed by atoms with van der Waals surface area (Å²) in [5.74, 6) is -0.988. The number of benzene rings is 2. The average molecular weight is 346 g/mol. The van der Waals surface area contributed by atoms with Crippen LogP contribution in [0.5, 0.6) is 0 Å². The topological polar surface area (TPSA) is 68.3 Å². The Kier molecular flexibility index (Phi) is 5.39. The second-order valence-corrected chi connectivity index (χ2v) is 5.53. The van der Waals surface area contributed by atoms with Crippen molar-refractivity contribution in [3.63, 3.8) is 0 Å². The molecule has 0 saturated heterocycles. The van der Waals surface area contributed by atoms with Crippen LogP contribution in [0.25, 0.3) is 17.0 Å². The number of nitrogens with one attached hydrogen (secondary N) is 1. The van der Waals surface area contributed by atoms with Gasteiger partial charge in [0.05, 0.1) is 17.8 Å². The van der Waals surface area contributed by atoms with Crippen molar-refractivity contribution in [2.75, 3.05) is 6.61 Å². The van der Waals surface area contributed by atoms with E-state index in [-0.39, 0.29) is 18.2 Å². The van der Waals surface area contributed by atoms with Crippen LogP contribution in [0.15, 0.2) is 72.4 Å². The number of fused-ring (bicyclic) bond motifs is 1. The minimum atomic E-state index is -0.605. The summed E-state index contributed by atoms with van der Waals surface area (Å²) < 4.78 is 5.05. The van der Waals surface area contributed by atoms with Crippen molar-refractivity contribution in [1.29, 1.82) is 0 Å². The number of ether oxygens (including phenoxy) is 1. The van der Waals surface area contributed by atoms with E-state index in [1.165, 1.54) is 6.08 Å². The lowest BCUT2D eigenvalue weighted by Gasteiger charge is -2.09. The minimum Gasteiger partial charge on any atom is -0.461 e. The van der Waals surface area contributed by atoms with Crippen molar-refractivity contribution in [2.45, 2.75) is 6.92 Å². The number of amides is 1. The number of esters is 1. The van der Waals surface area contributed by atoms with Gasteiger partial charge in [-0.25, -0.2) is 9.78 Å². The van der Waals surface area contributed by atoms with Gasteiger partial charge in [0.2, 0.25) is 0 Å². The van der Waals surface area contributed by atoms with E-state index in [0.29, 0.717) is 11.3 Å². The van der Waals surface area contributed by atoms with Crippen molar-refractivity contribution < 1.29 is 14.3 Å². The Morgan fingerprint density at radius 1 is 1.00 bits per heavy atom. The molecule has 0 spiro atoms. The molecular weight excluding hydrogens is 328 g/mol. The van der Waals surface area contributed by atoms with Gasteiger partial charge in [-0.05, 0) is 37.3 Å². The van der Waals surface area contributed by atoms with Gasteiger partial charge in [0.15, 0.2) is 0 Å². The van der Waals surface area contributed by atoms with Crippen LogP contribution in [0.3, 0.4) is 0 Å². The first kappa shape index (κ1) is 17.4. The van der Waals surface area contributed by atoms with E-state index >= 15 is 0 Å². The third kappa shape index (κ3) is 4.13. The van der Waals surface area contributed by atoms with E-state index in [2.05, 4.69) is 10.3 Å². The normalized spacial score (nSPS) is 11.2. The lowest BCUT2D eigenvalue weighted by Crippen LogP contribution is -2.28. The largest absolute Gasteiger partial charge is 0.461 e.